The molecule has 0 atom stereocenters. The fraction of sp³-hybridized carbons (Fsp3) is 0.214. The number of nitrogens with one attached hydrogen (secondary N) is 1. The van der Waals surface area contributed by atoms with Crippen molar-refractivity contribution in [3.63, 3.8) is 0 Å². The van der Waals surface area contributed by atoms with Crippen LogP contribution in [0.2, 0.25) is 0 Å². The van der Waals surface area contributed by atoms with E-state index in [1.807, 2.05) is 12.1 Å². The van der Waals surface area contributed by atoms with Gasteiger partial charge in [0.2, 0.25) is 5.82 Å². The van der Waals surface area contributed by atoms with Crippen LogP contribution in [-0.4, -0.2) is 42.5 Å². The fourth-order valence-corrected chi connectivity index (χ4v) is 2.10. The van der Waals surface area contributed by atoms with Gasteiger partial charge in [0.05, 0.1) is 5.69 Å². The predicted octanol–water partition coefficient (Wildman–Crippen LogP) is 1.29. The van der Waals surface area contributed by atoms with Crippen LogP contribution in [0.5, 0.6) is 0 Å². The molecule has 0 saturated carbocycles. The molecular weight excluding hydrogens is 266 g/mol. The Balaban J connectivity index is 1.62. The lowest BCUT2D eigenvalue weighted by Gasteiger charge is -2.16. The topological polar surface area (TPSA) is 83.5 Å². The minimum Gasteiger partial charge on any atom is -0.296 e. The average Bonchev–Trinajstić information content (AvgIpc) is 3.03. The van der Waals surface area contributed by atoms with Gasteiger partial charge in [-0.15, -0.1) is 10.2 Å². The largest absolute Gasteiger partial charge is 0.296 e. The quantitative estimate of drug-likeness (QED) is 0.758. The standard InChI is InChI=1S/C14H15N7/c1-21(10-13-8-15-6-7-16-13)9-11-2-4-12(5-3-11)14-17-19-20-18-14/h2-8H,9-10H2,1H3,(H,17,18,19,20). The molecule has 7 heteroatoms. The van der Waals surface area contributed by atoms with Gasteiger partial charge in [0, 0.05) is 37.2 Å². The van der Waals surface area contributed by atoms with Crippen LogP contribution in [0.25, 0.3) is 11.4 Å². The van der Waals surface area contributed by atoms with E-state index in [1.54, 1.807) is 18.6 Å². The van der Waals surface area contributed by atoms with Gasteiger partial charge in [-0.05, 0) is 17.8 Å². The first-order valence-corrected chi connectivity index (χ1v) is 6.57. The van der Waals surface area contributed by atoms with Gasteiger partial charge < -0.3 is 0 Å². The third-order valence-electron chi connectivity index (χ3n) is 3.06. The van der Waals surface area contributed by atoms with Crippen molar-refractivity contribution < 1.29 is 0 Å². The molecule has 0 fully saturated rings. The molecule has 0 bridgehead atoms. The second-order valence-corrected chi connectivity index (χ2v) is 4.80. The normalized spacial score (nSPS) is 11.0. The first-order valence-electron chi connectivity index (χ1n) is 6.57. The minimum atomic E-state index is 0.606. The molecular formula is C14H15N7. The van der Waals surface area contributed by atoms with Gasteiger partial charge in [-0.2, -0.15) is 5.21 Å². The number of nitrogens with zero attached hydrogens (tertiary/aromatic N) is 6. The van der Waals surface area contributed by atoms with E-state index < -0.39 is 0 Å². The number of benzene rings is 1. The zero-order valence-electron chi connectivity index (χ0n) is 11.6. The molecule has 2 heterocycles. The molecule has 0 aliphatic heterocycles. The Morgan fingerprint density at radius 1 is 1.10 bits per heavy atom. The third-order valence-corrected chi connectivity index (χ3v) is 3.06. The number of H-pyrrole nitrogens is 1. The van der Waals surface area contributed by atoms with Gasteiger partial charge >= 0.3 is 0 Å². The molecule has 106 valence electrons. The molecule has 2 aromatic heterocycles. The summed E-state index contributed by atoms with van der Waals surface area (Å²) in [7, 11) is 2.06. The van der Waals surface area contributed by atoms with Gasteiger partial charge in [0.1, 0.15) is 0 Å². The highest BCUT2D eigenvalue weighted by Gasteiger charge is 2.05. The summed E-state index contributed by atoms with van der Waals surface area (Å²) < 4.78 is 0. The van der Waals surface area contributed by atoms with E-state index >= 15 is 0 Å². The maximum atomic E-state index is 4.28. The van der Waals surface area contributed by atoms with Gasteiger partial charge in [-0.3, -0.25) is 14.9 Å². The lowest BCUT2D eigenvalue weighted by Crippen LogP contribution is -2.18. The highest BCUT2D eigenvalue weighted by molar-refractivity contribution is 5.54. The molecule has 1 aromatic carbocycles. The Morgan fingerprint density at radius 3 is 2.62 bits per heavy atom. The first kappa shape index (κ1) is 13.3. The van der Waals surface area contributed by atoms with Crippen molar-refractivity contribution >= 4 is 0 Å². The first-order chi connectivity index (χ1) is 10.3. The zero-order chi connectivity index (χ0) is 14.5. The summed E-state index contributed by atoms with van der Waals surface area (Å²) in [6, 6.07) is 8.13. The van der Waals surface area contributed by atoms with Gasteiger partial charge in [-0.25, -0.2) is 0 Å². The third kappa shape index (κ3) is 3.46. The maximum Gasteiger partial charge on any atom is 0.204 e. The molecule has 0 radical (unpaired) electrons. The van der Waals surface area contributed by atoms with Crippen LogP contribution in [0.15, 0.2) is 42.9 Å². The van der Waals surface area contributed by atoms with Crippen LogP contribution in [-0.2, 0) is 13.1 Å². The second-order valence-electron chi connectivity index (χ2n) is 4.80. The van der Waals surface area contributed by atoms with E-state index in [0.717, 1.165) is 24.3 Å². The molecule has 7 nitrogen and oxygen atoms in total. The van der Waals surface area contributed by atoms with Gasteiger partial charge in [0.25, 0.3) is 0 Å². The van der Waals surface area contributed by atoms with E-state index in [9.17, 15) is 0 Å². The van der Waals surface area contributed by atoms with Crippen molar-refractivity contribution in [1.82, 2.24) is 35.5 Å². The summed E-state index contributed by atoms with van der Waals surface area (Å²) in [5.41, 5.74) is 3.13. The van der Waals surface area contributed by atoms with Crippen LogP contribution in [0.4, 0.5) is 0 Å². The number of aromatic nitrogens is 6. The van der Waals surface area contributed by atoms with E-state index in [-0.39, 0.29) is 0 Å². The van der Waals surface area contributed by atoms with E-state index in [2.05, 4.69) is 54.7 Å². The summed E-state index contributed by atoms with van der Waals surface area (Å²) in [5, 5.41) is 13.9. The number of hydrogen-bond donors (Lipinski definition) is 1. The van der Waals surface area contributed by atoms with E-state index in [4.69, 9.17) is 0 Å². The molecule has 0 aliphatic carbocycles. The average molecular weight is 281 g/mol. The molecule has 1 N–H and O–H groups in total. The summed E-state index contributed by atoms with van der Waals surface area (Å²) in [6.45, 7) is 1.60. The molecule has 0 spiro atoms. The van der Waals surface area contributed by atoms with Crippen molar-refractivity contribution in [3.8, 4) is 11.4 Å². The number of hydrogen-bond acceptors (Lipinski definition) is 6. The summed E-state index contributed by atoms with van der Waals surface area (Å²) in [5.74, 6) is 0.606. The Hall–Kier alpha value is -2.67. The monoisotopic (exact) mass is 281 g/mol. The minimum absolute atomic E-state index is 0.606. The van der Waals surface area contributed by atoms with Crippen LogP contribution in [0.1, 0.15) is 11.3 Å². The number of aromatic amines is 1. The van der Waals surface area contributed by atoms with E-state index in [1.165, 1.54) is 5.56 Å². The summed E-state index contributed by atoms with van der Waals surface area (Å²) in [6.07, 6.45) is 5.18. The SMILES string of the molecule is CN(Cc1ccc(-c2nn[nH]n2)cc1)Cc1cnccn1. The molecule has 3 aromatic rings. The number of tetrazole rings is 1. The highest BCUT2D eigenvalue weighted by Crippen LogP contribution is 2.15. The maximum absolute atomic E-state index is 4.28. The highest BCUT2D eigenvalue weighted by atomic mass is 15.5. The molecule has 0 aliphatic rings. The zero-order valence-corrected chi connectivity index (χ0v) is 11.6. The number of rotatable bonds is 5. The molecule has 3 rings (SSSR count). The summed E-state index contributed by atoms with van der Waals surface area (Å²) in [4.78, 5) is 10.5. The van der Waals surface area contributed by atoms with Gasteiger partial charge in [0.15, 0.2) is 0 Å². The van der Waals surface area contributed by atoms with Crippen molar-refractivity contribution in [2.24, 2.45) is 0 Å². The summed E-state index contributed by atoms with van der Waals surface area (Å²) >= 11 is 0. The molecule has 0 saturated heterocycles. The predicted molar refractivity (Wildman–Crippen MR) is 76.8 cm³/mol. The van der Waals surface area contributed by atoms with Crippen molar-refractivity contribution in [3.05, 3.63) is 54.1 Å². The van der Waals surface area contributed by atoms with Crippen LogP contribution in [0.3, 0.4) is 0 Å². The molecule has 0 amide bonds. The van der Waals surface area contributed by atoms with Crippen LogP contribution < -0.4 is 0 Å². The van der Waals surface area contributed by atoms with Gasteiger partial charge in [-0.1, -0.05) is 24.3 Å². The Labute approximate surface area is 122 Å². The molecule has 0 unspecified atom stereocenters. The lowest BCUT2D eigenvalue weighted by atomic mass is 10.1. The van der Waals surface area contributed by atoms with Crippen molar-refractivity contribution in [1.29, 1.82) is 0 Å². The Bertz CT molecular complexity index is 664. The lowest BCUT2D eigenvalue weighted by molar-refractivity contribution is 0.314. The Morgan fingerprint density at radius 2 is 1.95 bits per heavy atom. The van der Waals surface area contributed by atoms with E-state index in [0.29, 0.717) is 5.82 Å². The smallest absolute Gasteiger partial charge is 0.204 e. The molecule has 21 heavy (non-hydrogen) atoms. The van der Waals surface area contributed by atoms with Crippen LogP contribution >= 0.6 is 0 Å². The fourth-order valence-electron chi connectivity index (χ4n) is 2.10. The second kappa shape index (κ2) is 6.19. The van der Waals surface area contributed by atoms with Crippen LogP contribution in [0, 0.1) is 0 Å². The van der Waals surface area contributed by atoms with Crippen molar-refractivity contribution in [2.45, 2.75) is 13.1 Å². The Kier molecular flexibility index (Phi) is 3.92. The van der Waals surface area contributed by atoms with Crippen molar-refractivity contribution in [2.75, 3.05) is 7.05 Å².